The summed E-state index contributed by atoms with van der Waals surface area (Å²) in [5.41, 5.74) is 0.110. The van der Waals surface area contributed by atoms with Gasteiger partial charge in [-0.3, -0.25) is 9.59 Å². The van der Waals surface area contributed by atoms with Gasteiger partial charge < -0.3 is 14.6 Å². The van der Waals surface area contributed by atoms with Gasteiger partial charge in [-0.05, 0) is 25.0 Å². The van der Waals surface area contributed by atoms with Crippen molar-refractivity contribution in [2.45, 2.75) is 18.9 Å². The number of carbonyl (C=O) groups is 1. The molecule has 3 heterocycles. The Balaban J connectivity index is 1.67. The summed E-state index contributed by atoms with van der Waals surface area (Å²) < 4.78 is 5.76. The van der Waals surface area contributed by atoms with Crippen molar-refractivity contribution in [1.29, 1.82) is 0 Å². The number of nitrogens with one attached hydrogen (secondary N) is 1. The van der Waals surface area contributed by atoms with Crippen LogP contribution in [-0.4, -0.2) is 45.2 Å². The highest BCUT2D eigenvalue weighted by molar-refractivity contribution is 5.94. The summed E-state index contributed by atoms with van der Waals surface area (Å²) in [6.07, 6.45) is 4.65. The Kier molecular flexibility index (Phi) is 4.13. The third-order valence-corrected chi connectivity index (χ3v) is 3.52. The largest absolute Gasteiger partial charge is 0.471 e. The van der Waals surface area contributed by atoms with Crippen molar-refractivity contribution < 1.29 is 9.53 Å². The lowest BCUT2D eigenvalue weighted by Crippen LogP contribution is -2.44. The Labute approximate surface area is 126 Å². The molecule has 22 heavy (non-hydrogen) atoms. The summed E-state index contributed by atoms with van der Waals surface area (Å²) in [4.78, 5) is 28.0. The second-order valence-corrected chi connectivity index (χ2v) is 5.14. The SMILES string of the molecule is O=C(c1cc[nH]c(=O)c1)N1CCCC(Oc2cccnn2)C1. The van der Waals surface area contributed by atoms with Crippen molar-refractivity contribution in [2.75, 3.05) is 13.1 Å². The molecular formula is C15H16N4O3. The zero-order chi connectivity index (χ0) is 15.4. The molecule has 1 fully saturated rings. The fraction of sp³-hybridized carbons (Fsp3) is 0.333. The van der Waals surface area contributed by atoms with E-state index in [1.54, 1.807) is 29.3 Å². The second-order valence-electron chi connectivity index (χ2n) is 5.14. The first-order chi connectivity index (χ1) is 10.7. The third-order valence-electron chi connectivity index (χ3n) is 3.52. The van der Waals surface area contributed by atoms with Gasteiger partial charge in [0.1, 0.15) is 6.10 Å². The third kappa shape index (κ3) is 3.30. The lowest BCUT2D eigenvalue weighted by atomic mass is 10.1. The molecule has 1 aliphatic rings. The molecule has 1 N–H and O–H groups in total. The number of hydrogen-bond acceptors (Lipinski definition) is 5. The molecule has 0 aliphatic carbocycles. The van der Waals surface area contributed by atoms with Gasteiger partial charge in [0.05, 0.1) is 6.54 Å². The van der Waals surface area contributed by atoms with E-state index in [0.717, 1.165) is 12.8 Å². The summed E-state index contributed by atoms with van der Waals surface area (Å²) in [5, 5.41) is 7.66. The Morgan fingerprint density at radius 3 is 3.09 bits per heavy atom. The fourth-order valence-corrected chi connectivity index (χ4v) is 2.50. The first-order valence-electron chi connectivity index (χ1n) is 7.15. The standard InChI is InChI=1S/C15H16N4O3/c20-13-9-11(5-7-16-13)15(21)19-8-2-3-12(10-19)22-14-4-1-6-17-18-14/h1,4-7,9,12H,2-3,8,10H2,(H,16,20). The van der Waals surface area contributed by atoms with Gasteiger partial charge in [-0.25, -0.2) is 0 Å². The molecule has 0 saturated carbocycles. The zero-order valence-electron chi connectivity index (χ0n) is 11.9. The number of aromatic amines is 1. The summed E-state index contributed by atoms with van der Waals surface area (Å²) in [5.74, 6) is 0.302. The Hall–Kier alpha value is -2.70. The van der Waals surface area contributed by atoms with Crippen LogP contribution in [0, 0.1) is 0 Å². The number of aromatic nitrogens is 3. The van der Waals surface area contributed by atoms with Gasteiger partial charge in [-0.2, -0.15) is 5.10 Å². The van der Waals surface area contributed by atoms with Crippen LogP contribution in [-0.2, 0) is 0 Å². The molecule has 3 rings (SSSR count). The Bertz CT molecular complexity index is 701. The lowest BCUT2D eigenvalue weighted by Gasteiger charge is -2.32. The molecule has 1 amide bonds. The molecule has 0 bridgehead atoms. The number of hydrogen-bond donors (Lipinski definition) is 1. The van der Waals surface area contributed by atoms with E-state index in [1.807, 2.05) is 0 Å². The van der Waals surface area contributed by atoms with Gasteiger partial charge >= 0.3 is 0 Å². The summed E-state index contributed by atoms with van der Waals surface area (Å²) in [6, 6.07) is 6.42. The molecule has 0 spiro atoms. The predicted molar refractivity (Wildman–Crippen MR) is 78.6 cm³/mol. The summed E-state index contributed by atoms with van der Waals surface area (Å²) >= 11 is 0. The fourth-order valence-electron chi connectivity index (χ4n) is 2.50. The molecule has 1 unspecified atom stereocenters. The number of carbonyl (C=O) groups excluding carboxylic acids is 1. The number of H-pyrrole nitrogens is 1. The summed E-state index contributed by atoms with van der Waals surface area (Å²) in [6.45, 7) is 1.13. The normalized spacial score (nSPS) is 18.0. The minimum Gasteiger partial charge on any atom is -0.471 e. The minimum absolute atomic E-state index is 0.114. The molecule has 7 heteroatoms. The van der Waals surface area contributed by atoms with Gasteiger partial charge in [0.2, 0.25) is 11.4 Å². The number of piperidine rings is 1. The van der Waals surface area contributed by atoms with Crippen LogP contribution in [0.2, 0.25) is 0 Å². The van der Waals surface area contributed by atoms with E-state index in [-0.39, 0.29) is 17.6 Å². The van der Waals surface area contributed by atoms with Crippen LogP contribution in [0.15, 0.2) is 41.5 Å². The van der Waals surface area contributed by atoms with Crippen LogP contribution in [0.25, 0.3) is 0 Å². The number of likely N-dealkylation sites (tertiary alicyclic amines) is 1. The van der Waals surface area contributed by atoms with Crippen LogP contribution in [0.1, 0.15) is 23.2 Å². The molecule has 2 aromatic rings. The average Bonchev–Trinajstić information content (AvgIpc) is 2.55. The van der Waals surface area contributed by atoms with Crippen molar-refractivity contribution in [1.82, 2.24) is 20.1 Å². The van der Waals surface area contributed by atoms with Crippen LogP contribution < -0.4 is 10.3 Å². The van der Waals surface area contributed by atoms with Crippen molar-refractivity contribution >= 4 is 5.91 Å². The molecule has 1 aliphatic heterocycles. The maximum absolute atomic E-state index is 12.4. The zero-order valence-corrected chi connectivity index (χ0v) is 11.9. The Morgan fingerprint density at radius 1 is 1.41 bits per heavy atom. The van der Waals surface area contributed by atoms with Gasteiger partial charge in [0.15, 0.2) is 0 Å². The number of nitrogens with zero attached hydrogens (tertiary/aromatic N) is 3. The van der Waals surface area contributed by atoms with Gasteiger partial charge in [-0.1, -0.05) is 0 Å². The van der Waals surface area contributed by atoms with Gasteiger partial charge in [0, 0.05) is 36.6 Å². The quantitative estimate of drug-likeness (QED) is 0.908. The van der Waals surface area contributed by atoms with Crippen molar-refractivity contribution in [3.8, 4) is 5.88 Å². The molecule has 2 aromatic heterocycles. The van der Waals surface area contributed by atoms with Gasteiger partial charge in [0.25, 0.3) is 5.91 Å². The van der Waals surface area contributed by atoms with Crippen LogP contribution in [0.3, 0.4) is 0 Å². The molecule has 114 valence electrons. The highest BCUT2D eigenvalue weighted by atomic mass is 16.5. The molecule has 1 atom stereocenters. The van der Waals surface area contributed by atoms with E-state index >= 15 is 0 Å². The highest BCUT2D eigenvalue weighted by Crippen LogP contribution is 2.17. The molecule has 1 saturated heterocycles. The predicted octanol–water partition coefficient (Wildman–Crippen LogP) is 0.848. The number of ether oxygens (including phenoxy) is 1. The molecule has 7 nitrogen and oxygen atoms in total. The first kappa shape index (κ1) is 14.2. The van der Waals surface area contributed by atoms with Crippen molar-refractivity contribution in [3.05, 3.63) is 52.6 Å². The first-order valence-corrected chi connectivity index (χ1v) is 7.15. The van der Waals surface area contributed by atoms with E-state index in [9.17, 15) is 9.59 Å². The molecular weight excluding hydrogens is 284 g/mol. The second kappa shape index (κ2) is 6.38. The molecule has 0 aromatic carbocycles. The summed E-state index contributed by atoms with van der Waals surface area (Å²) in [7, 11) is 0. The Morgan fingerprint density at radius 2 is 2.32 bits per heavy atom. The van der Waals surface area contributed by atoms with Crippen LogP contribution in [0.5, 0.6) is 5.88 Å². The highest BCUT2D eigenvalue weighted by Gasteiger charge is 2.26. The van der Waals surface area contributed by atoms with E-state index in [4.69, 9.17) is 4.74 Å². The van der Waals surface area contributed by atoms with Crippen LogP contribution in [0.4, 0.5) is 0 Å². The lowest BCUT2D eigenvalue weighted by molar-refractivity contribution is 0.0525. The number of rotatable bonds is 3. The maximum atomic E-state index is 12.4. The van der Waals surface area contributed by atoms with Crippen molar-refractivity contribution in [2.24, 2.45) is 0 Å². The van der Waals surface area contributed by atoms with E-state index in [0.29, 0.717) is 24.5 Å². The topological polar surface area (TPSA) is 88.2 Å². The minimum atomic E-state index is -0.282. The smallest absolute Gasteiger partial charge is 0.254 e. The van der Waals surface area contributed by atoms with Gasteiger partial charge in [-0.15, -0.1) is 5.10 Å². The van der Waals surface area contributed by atoms with E-state index in [2.05, 4.69) is 15.2 Å². The van der Waals surface area contributed by atoms with E-state index < -0.39 is 0 Å². The maximum Gasteiger partial charge on any atom is 0.254 e. The van der Waals surface area contributed by atoms with Crippen molar-refractivity contribution in [3.63, 3.8) is 0 Å². The monoisotopic (exact) mass is 300 g/mol. The molecule has 0 radical (unpaired) electrons. The van der Waals surface area contributed by atoms with E-state index in [1.165, 1.54) is 12.3 Å². The number of pyridine rings is 1. The van der Waals surface area contributed by atoms with Crippen LogP contribution >= 0.6 is 0 Å². The number of amides is 1. The average molecular weight is 300 g/mol.